The maximum atomic E-state index is 10.9. The SMILES string of the molecule is CCn1cc(C(=O)O)[n+]2ccc(O)cc12. The molecule has 2 aromatic heterocycles. The summed E-state index contributed by atoms with van der Waals surface area (Å²) < 4.78 is 3.30. The Balaban J connectivity index is 2.81. The van der Waals surface area contributed by atoms with E-state index in [9.17, 15) is 9.90 Å². The van der Waals surface area contributed by atoms with Crippen LogP contribution < -0.4 is 4.40 Å². The molecule has 0 radical (unpaired) electrons. The number of aromatic carboxylic acids is 1. The second-order valence-electron chi connectivity index (χ2n) is 3.22. The second kappa shape index (κ2) is 3.27. The van der Waals surface area contributed by atoms with Crippen molar-refractivity contribution in [1.82, 2.24) is 4.57 Å². The van der Waals surface area contributed by atoms with Gasteiger partial charge in [-0.1, -0.05) is 0 Å². The van der Waals surface area contributed by atoms with Crippen LogP contribution in [0.2, 0.25) is 0 Å². The van der Waals surface area contributed by atoms with E-state index in [1.165, 1.54) is 16.5 Å². The van der Waals surface area contributed by atoms with Crippen molar-refractivity contribution in [2.45, 2.75) is 13.5 Å². The van der Waals surface area contributed by atoms with Crippen LogP contribution in [0.1, 0.15) is 17.4 Å². The largest absolute Gasteiger partial charge is 0.508 e. The van der Waals surface area contributed by atoms with Gasteiger partial charge >= 0.3 is 5.97 Å². The zero-order chi connectivity index (χ0) is 11.0. The monoisotopic (exact) mass is 207 g/mol. The Hall–Kier alpha value is -2.04. The molecule has 78 valence electrons. The van der Waals surface area contributed by atoms with Crippen LogP contribution in [0.5, 0.6) is 5.75 Å². The Morgan fingerprint density at radius 3 is 2.93 bits per heavy atom. The van der Waals surface area contributed by atoms with Gasteiger partial charge in [0, 0.05) is 6.07 Å². The molecule has 0 aliphatic rings. The number of imidazole rings is 1. The number of carboxylic acid groups (broad SMARTS) is 1. The van der Waals surface area contributed by atoms with E-state index < -0.39 is 5.97 Å². The fourth-order valence-electron chi connectivity index (χ4n) is 1.59. The number of nitrogens with zero attached hydrogens (tertiary/aromatic N) is 2. The lowest BCUT2D eigenvalue weighted by molar-refractivity contribution is -0.514. The average Bonchev–Trinajstić information content (AvgIpc) is 2.55. The molecule has 2 aromatic rings. The molecule has 2 rings (SSSR count). The number of aryl methyl sites for hydroxylation is 1. The van der Waals surface area contributed by atoms with Crippen LogP contribution in [-0.4, -0.2) is 20.7 Å². The van der Waals surface area contributed by atoms with Crippen LogP contribution in [0.15, 0.2) is 24.5 Å². The van der Waals surface area contributed by atoms with E-state index in [1.807, 2.05) is 6.92 Å². The molecule has 15 heavy (non-hydrogen) atoms. The number of fused-ring (bicyclic) bond motifs is 1. The molecule has 0 fully saturated rings. The molecule has 0 saturated carbocycles. The number of aromatic nitrogens is 2. The Labute approximate surface area is 85.8 Å². The van der Waals surface area contributed by atoms with Gasteiger partial charge in [-0.05, 0) is 6.92 Å². The molecule has 5 nitrogen and oxygen atoms in total. The quantitative estimate of drug-likeness (QED) is 0.710. The van der Waals surface area contributed by atoms with Crippen molar-refractivity contribution in [1.29, 1.82) is 0 Å². The van der Waals surface area contributed by atoms with Gasteiger partial charge in [-0.15, -0.1) is 0 Å². The summed E-state index contributed by atoms with van der Waals surface area (Å²) in [6, 6.07) is 3.00. The van der Waals surface area contributed by atoms with Crippen LogP contribution in [0.4, 0.5) is 0 Å². The predicted octanol–water partition coefficient (Wildman–Crippen LogP) is 0.650. The zero-order valence-corrected chi connectivity index (χ0v) is 8.21. The highest BCUT2D eigenvalue weighted by Crippen LogP contribution is 2.11. The van der Waals surface area contributed by atoms with E-state index in [2.05, 4.69) is 0 Å². The fourth-order valence-corrected chi connectivity index (χ4v) is 1.59. The first-order valence-electron chi connectivity index (χ1n) is 4.60. The van der Waals surface area contributed by atoms with E-state index in [-0.39, 0.29) is 11.4 Å². The Morgan fingerprint density at radius 2 is 2.33 bits per heavy atom. The van der Waals surface area contributed by atoms with E-state index in [0.29, 0.717) is 12.2 Å². The minimum atomic E-state index is -0.983. The van der Waals surface area contributed by atoms with Crippen molar-refractivity contribution in [3.63, 3.8) is 0 Å². The highest BCUT2D eigenvalue weighted by atomic mass is 16.4. The molecule has 2 N–H and O–H groups in total. The van der Waals surface area contributed by atoms with Crippen molar-refractivity contribution in [2.75, 3.05) is 0 Å². The first kappa shape index (κ1) is 9.51. The number of hydrogen-bond acceptors (Lipinski definition) is 2. The molecule has 2 heterocycles. The van der Waals surface area contributed by atoms with Gasteiger partial charge in [-0.25, -0.2) is 9.36 Å². The third-order valence-corrected chi connectivity index (χ3v) is 2.31. The standard InChI is InChI=1S/C10H10N2O3/c1-2-11-6-8(10(14)15)12-4-3-7(13)5-9(11)12/h3-6H,2H2,1H3,(H,14,15)/p+1. The number of hydrogen-bond donors (Lipinski definition) is 2. The van der Waals surface area contributed by atoms with Crippen LogP contribution in [0.25, 0.3) is 5.65 Å². The molecule has 0 aliphatic heterocycles. The molecule has 0 aromatic carbocycles. The van der Waals surface area contributed by atoms with Gasteiger partial charge in [0.1, 0.15) is 18.1 Å². The van der Waals surface area contributed by atoms with Gasteiger partial charge in [0.15, 0.2) is 0 Å². The van der Waals surface area contributed by atoms with E-state index in [0.717, 1.165) is 0 Å². The topological polar surface area (TPSA) is 66.6 Å². The lowest BCUT2D eigenvalue weighted by Crippen LogP contribution is -2.27. The summed E-state index contributed by atoms with van der Waals surface area (Å²) in [5, 5.41) is 18.3. The van der Waals surface area contributed by atoms with Crippen molar-refractivity contribution in [3.05, 3.63) is 30.2 Å². The van der Waals surface area contributed by atoms with Gasteiger partial charge in [0.25, 0.3) is 11.3 Å². The summed E-state index contributed by atoms with van der Waals surface area (Å²) in [4.78, 5) is 10.9. The fraction of sp³-hybridized carbons (Fsp3) is 0.200. The molecular weight excluding hydrogens is 196 g/mol. The van der Waals surface area contributed by atoms with Gasteiger partial charge < -0.3 is 10.2 Å². The van der Waals surface area contributed by atoms with Crippen molar-refractivity contribution in [2.24, 2.45) is 0 Å². The third kappa shape index (κ3) is 1.41. The third-order valence-electron chi connectivity index (χ3n) is 2.31. The molecule has 0 saturated heterocycles. The van der Waals surface area contributed by atoms with Gasteiger partial charge in [-0.3, -0.25) is 0 Å². The van der Waals surface area contributed by atoms with Crippen LogP contribution in [-0.2, 0) is 6.54 Å². The Kier molecular flexibility index (Phi) is 2.07. The summed E-state index contributed by atoms with van der Waals surface area (Å²) in [5.74, 6) is -0.859. The smallest absolute Gasteiger partial charge is 0.380 e. The molecule has 0 atom stereocenters. The summed E-state index contributed by atoms with van der Waals surface area (Å²) in [6.45, 7) is 2.57. The number of aromatic hydroxyl groups is 1. The molecule has 0 bridgehead atoms. The summed E-state index contributed by atoms with van der Waals surface area (Å²) in [5.41, 5.74) is 0.849. The number of carboxylic acids is 1. The van der Waals surface area contributed by atoms with Gasteiger partial charge in [-0.2, -0.15) is 4.40 Å². The highest BCUT2D eigenvalue weighted by molar-refractivity contribution is 5.83. The summed E-state index contributed by atoms with van der Waals surface area (Å²) in [7, 11) is 0. The molecule has 0 spiro atoms. The van der Waals surface area contributed by atoms with Crippen LogP contribution in [0, 0.1) is 0 Å². The normalized spacial score (nSPS) is 10.7. The van der Waals surface area contributed by atoms with E-state index in [1.54, 1.807) is 17.0 Å². The number of pyridine rings is 1. The van der Waals surface area contributed by atoms with E-state index >= 15 is 0 Å². The highest BCUT2D eigenvalue weighted by Gasteiger charge is 2.21. The van der Waals surface area contributed by atoms with E-state index in [4.69, 9.17) is 5.11 Å². The Morgan fingerprint density at radius 1 is 1.60 bits per heavy atom. The zero-order valence-electron chi connectivity index (χ0n) is 8.21. The average molecular weight is 207 g/mol. The maximum Gasteiger partial charge on any atom is 0.380 e. The molecule has 5 heteroatoms. The first-order chi connectivity index (χ1) is 7.13. The summed E-state index contributed by atoms with van der Waals surface area (Å²) in [6.07, 6.45) is 3.09. The van der Waals surface area contributed by atoms with Gasteiger partial charge in [0.05, 0.1) is 12.6 Å². The Bertz CT molecular complexity index is 531. The summed E-state index contributed by atoms with van der Waals surface area (Å²) >= 11 is 0. The molecule has 0 aliphatic carbocycles. The lowest BCUT2D eigenvalue weighted by Gasteiger charge is -1.92. The molecule has 0 unspecified atom stereocenters. The first-order valence-corrected chi connectivity index (χ1v) is 4.60. The molecule has 0 amide bonds. The van der Waals surface area contributed by atoms with Crippen molar-refractivity contribution in [3.8, 4) is 5.75 Å². The predicted molar refractivity (Wildman–Crippen MR) is 51.9 cm³/mol. The minimum absolute atomic E-state index is 0.125. The lowest BCUT2D eigenvalue weighted by atomic mass is 10.4. The maximum absolute atomic E-state index is 10.9. The van der Waals surface area contributed by atoms with Crippen molar-refractivity contribution < 1.29 is 19.4 Å². The number of carbonyl (C=O) groups is 1. The molecular formula is C10H11N2O3+. The van der Waals surface area contributed by atoms with Crippen molar-refractivity contribution >= 4 is 11.6 Å². The minimum Gasteiger partial charge on any atom is -0.508 e. The van der Waals surface area contributed by atoms with Crippen LogP contribution >= 0.6 is 0 Å². The van der Waals surface area contributed by atoms with Crippen LogP contribution in [0.3, 0.4) is 0 Å². The number of rotatable bonds is 2. The van der Waals surface area contributed by atoms with Gasteiger partial charge in [0.2, 0.25) is 0 Å². The second-order valence-corrected chi connectivity index (χ2v) is 3.22.